The monoisotopic (exact) mass is 672 g/mol. The number of benzene rings is 8. The minimum absolute atomic E-state index is 1.13. The van der Waals surface area contributed by atoms with E-state index in [9.17, 15) is 0 Å². The second kappa shape index (κ2) is 10.8. The minimum Gasteiger partial charge on any atom is -0.309 e. The molecule has 0 amide bonds. The van der Waals surface area contributed by atoms with Gasteiger partial charge in [-0.25, -0.2) is 0 Å². The van der Waals surface area contributed by atoms with Gasteiger partial charge in [0.15, 0.2) is 0 Å². The summed E-state index contributed by atoms with van der Waals surface area (Å²) in [4.78, 5) is 2.52. The molecule has 0 aliphatic carbocycles. The van der Waals surface area contributed by atoms with Crippen LogP contribution in [0, 0.1) is 0 Å². The number of rotatable bonds is 4. The molecule has 8 aromatic carbocycles. The molecule has 50 heavy (non-hydrogen) atoms. The van der Waals surface area contributed by atoms with Gasteiger partial charge in [-0.2, -0.15) is 0 Å². The summed E-state index contributed by atoms with van der Waals surface area (Å²) in [7, 11) is 0. The van der Waals surface area contributed by atoms with Gasteiger partial charge in [-0.15, -0.1) is 22.7 Å². The first kappa shape index (κ1) is 28.0. The first-order valence-electron chi connectivity index (χ1n) is 16.9. The van der Waals surface area contributed by atoms with Gasteiger partial charge in [0.2, 0.25) is 0 Å². The smallest absolute Gasteiger partial charge is 0.0640 e. The third-order valence-electron chi connectivity index (χ3n) is 10.2. The van der Waals surface area contributed by atoms with Crippen molar-refractivity contribution in [2.24, 2.45) is 0 Å². The number of thiophene rings is 2. The standard InChI is InChI=1S/C46H28N2S2/c1-2-13-30(14-3-1)47-38-19-7-4-15-32(38)33-27-25-31(28-41(33)47)48(40-21-11-18-36-34-16-5-8-22-42(34)49-45(36)40)39-20-10-12-29-24-26-37-35-17-6-9-23-43(35)50-46(37)44(29)39/h1-28H. The summed E-state index contributed by atoms with van der Waals surface area (Å²) < 4.78 is 7.65. The Morgan fingerprint density at radius 1 is 0.400 bits per heavy atom. The number of hydrogen-bond acceptors (Lipinski definition) is 3. The SMILES string of the molecule is c1ccc(-n2c3ccccc3c3ccc(N(c4cccc5c4sc4ccccc45)c4cccc5ccc6c7ccccc7sc6c45)cc32)cc1. The van der Waals surface area contributed by atoms with Crippen LogP contribution in [0.5, 0.6) is 0 Å². The predicted molar refractivity (Wildman–Crippen MR) is 219 cm³/mol. The maximum Gasteiger partial charge on any atom is 0.0640 e. The molecule has 11 rings (SSSR count). The Kier molecular flexibility index (Phi) is 6.03. The zero-order valence-electron chi connectivity index (χ0n) is 26.9. The van der Waals surface area contributed by atoms with Crippen LogP contribution in [-0.4, -0.2) is 4.57 Å². The highest BCUT2D eigenvalue weighted by molar-refractivity contribution is 7.27. The first-order chi connectivity index (χ1) is 24.8. The third kappa shape index (κ3) is 4.01. The van der Waals surface area contributed by atoms with E-state index in [4.69, 9.17) is 0 Å². The molecule has 0 N–H and O–H groups in total. The van der Waals surface area contributed by atoms with Gasteiger partial charge in [-0.1, -0.05) is 115 Å². The molecule has 0 atom stereocenters. The summed E-state index contributed by atoms with van der Waals surface area (Å²) in [6.07, 6.45) is 0. The zero-order chi connectivity index (χ0) is 32.8. The molecule has 0 saturated carbocycles. The Morgan fingerprint density at radius 3 is 1.82 bits per heavy atom. The highest BCUT2D eigenvalue weighted by Gasteiger charge is 2.23. The molecule has 11 aromatic rings. The predicted octanol–water partition coefficient (Wildman–Crippen LogP) is 14.1. The normalized spacial score (nSPS) is 12.0. The average molecular weight is 673 g/mol. The molecule has 3 heterocycles. The molecule has 2 nitrogen and oxygen atoms in total. The van der Waals surface area contributed by atoms with Crippen LogP contribution >= 0.6 is 22.7 Å². The van der Waals surface area contributed by atoms with Gasteiger partial charge < -0.3 is 9.47 Å². The fraction of sp³-hybridized carbons (Fsp3) is 0. The van der Waals surface area contributed by atoms with Crippen molar-refractivity contribution in [3.05, 3.63) is 170 Å². The number of aromatic nitrogens is 1. The van der Waals surface area contributed by atoms with Gasteiger partial charge in [0.1, 0.15) is 0 Å². The molecule has 0 bridgehead atoms. The van der Waals surface area contributed by atoms with E-state index in [1.807, 2.05) is 22.7 Å². The molecule has 3 aromatic heterocycles. The van der Waals surface area contributed by atoms with E-state index in [0.29, 0.717) is 0 Å². The highest BCUT2D eigenvalue weighted by atomic mass is 32.1. The number of fused-ring (bicyclic) bond motifs is 11. The molecule has 0 aliphatic heterocycles. The topological polar surface area (TPSA) is 8.17 Å². The van der Waals surface area contributed by atoms with Crippen molar-refractivity contribution in [3.8, 4) is 5.69 Å². The number of nitrogens with zero attached hydrogens (tertiary/aromatic N) is 2. The number of hydrogen-bond donors (Lipinski definition) is 0. The summed E-state index contributed by atoms with van der Waals surface area (Å²) >= 11 is 3.78. The van der Waals surface area contributed by atoms with Crippen molar-refractivity contribution in [3.63, 3.8) is 0 Å². The van der Waals surface area contributed by atoms with Crippen molar-refractivity contribution in [2.45, 2.75) is 0 Å². The zero-order valence-corrected chi connectivity index (χ0v) is 28.5. The summed E-state index contributed by atoms with van der Waals surface area (Å²) in [6.45, 7) is 0. The lowest BCUT2D eigenvalue weighted by atomic mass is 10.0. The molecule has 0 aliphatic rings. The van der Waals surface area contributed by atoms with Gasteiger partial charge >= 0.3 is 0 Å². The first-order valence-corrected chi connectivity index (χ1v) is 18.6. The molecule has 0 radical (unpaired) electrons. The molecule has 4 heteroatoms. The molecule has 0 fully saturated rings. The van der Waals surface area contributed by atoms with Crippen LogP contribution < -0.4 is 4.90 Å². The van der Waals surface area contributed by atoms with Crippen molar-refractivity contribution < 1.29 is 0 Å². The van der Waals surface area contributed by atoms with Crippen LogP contribution in [0.3, 0.4) is 0 Å². The van der Waals surface area contributed by atoms with E-state index in [-0.39, 0.29) is 0 Å². The van der Waals surface area contributed by atoms with E-state index in [0.717, 1.165) is 11.4 Å². The van der Waals surface area contributed by atoms with Gasteiger partial charge in [0.05, 0.1) is 27.1 Å². The molecule has 0 saturated heterocycles. The number of para-hydroxylation sites is 2. The lowest BCUT2D eigenvalue weighted by Gasteiger charge is -2.28. The van der Waals surface area contributed by atoms with Gasteiger partial charge in [-0.3, -0.25) is 0 Å². The Morgan fingerprint density at radius 2 is 1.00 bits per heavy atom. The maximum atomic E-state index is 2.52. The van der Waals surface area contributed by atoms with Crippen LogP contribution in [0.2, 0.25) is 0 Å². The van der Waals surface area contributed by atoms with Gasteiger partial charge in [-0.05, 0) is 60.0 Å². The van der Waals surface area contributed by atoms with E-state index >= 15 is 0 Å². The summed E-state index contributed by atoms with van der Waals surface area (Å²) in [6, 6.07) is 62.4. The Balaban J connectivity index is 1.28. The number of anilines is 3. The van der Waals surface area contributed by atoms with Crippen LogP contribution in [-0.2, 0) is 0 Å². The summed E-state index contributed by atoms with van der Waals surface area (Å²) in [5.74, 6) is 0. The minimum atomic E-state index is 1.13. The molecular formula is C46H28N2S2. The Labute approximate surface area is 296 Å². The van der Waals surface area contributed by atoms with Crippen molar-refractivity contribution in [2.75, 3.05) is 4.90 Å². The maximum absolute atomic E-state index is 2.52. The fourth-order valence-electron chi connectivity index (χ4n) is 7.99. The largest absolute Gasteiger partial charge is 0.309 e. The van der Waals surface area contributed by atoms with E-state index < -0.39 is 0 Å². The van der Waals surface area contributed by atoms with Gasteiger partial charge in [0.25, 0.3) is 0 Å². The van der Waals surface area contributed by atoms with Crippen molar-refractivity contribution in [1.82, 2.24) is 4.57 Å². The Bertz CT molecular complexity index is 3110. The van der Waals surface area contributed by atoms with E-state index in [2.05, 4.69) is 179 Å². The van der Waals surface area contributed by atoms with Crippen LogP contribution in [0.1, 0.15) is 0 Å². The lowest BCUT2D eigenvalue weighted by molar-refractivity contribution is 1.18. The third-order valence-corrected chi connectivity index (χ3v) is 12.6. The van der Waals surface area contributed by atoms with E-state index in [1.54, 1.807) is 0 Å². The van der Waals surface area contributed by atoms with Crippen molar-refractivity contribution in [1.29, 1.82) is 0 Å². The van der Waals surface area contributed by atoms with Crippen LogP contribution in [0.4, 0.5) is 17.1 Å². The molecule has 0 spiro atoms. The van der Waals surface area contributed by atoms with Crippen LogP contribution in [0.15, 0.2) is 170 Å². The van der Waals surface area contributed by atoms with Gasteiger partial charge in [0, 0.05) is 63.2 Å². The second-order valence-electron chi connectivity index (χ2n) is 12.9. The highest BCUT2D eigenvalue weighted by Crippen LogP contribution is 2.50. The lowest BCUT2D eigenvalue weighted by Crippen LogP contribution is -2.11. The summed E-state index contributed by atoms with van der Waals surface area (Å²) in [5, 5.41) is 10.3. The second-order valence-corrected chi connectivity index (χ2v) is 15.0. The average Bonchev–Trinajstić information content (AvgIpc) is 3.85. The quantitative estimate of drug-likeness (QED) is 0.181. The molecule has 0 unspecified atom stereocenters. The fourth-order valence-corrected chi connectivity index (χ4v) is 10.5. The molecule has 234 valence electrons. The van der Waals surface area contributed by atoms with E-state index in [1.165, 1.54) is 84.3 Å². The Hall–Kier alpha value is -5.94. The van der Waals surface area contributed by atoms with Crippen molar-refractivity contribution >= 4 is 113 Å². The molecular weight excluding hydrogens is 645 g/mol. The summed E-state index contributed by atoms with van der Waals surface area (Å²) in [5.41, 5.74) is 7.07. The van der Waals surface area contributed by atoms with Crippen LogP contribution in [0.25, 0.3) is 78.6 Å².